The summed E-state index contributed by atoms with van der Waals surface area (Å²) in [6.07, 6.45) is 11.8. The minimum Gasteiger partial charge on any atom is -0.369 e. The zero-order valence-corrected chi connectivity index (χ0v) is 17.1. The van der Waals surface area contributed by atoms with Crippen molar-refractivity contribution in [2.45, 2.75) is 38.3 Å². The van der Waals surface area contributed by atoms with Gasteiger partial charge < -0.3 is 14.8 Å². The molecule has 30 heavy (non-hydrogen) atoms. The molecule has 8 heteroatoms. The van der Waals surface area contributed by atoms with Crippen molar-refractivity contribution >= 4 is 11.6 Å². The first-order valence-electron chi connectivity index (χ1n) is 10.6. The van der Waals surface area contributed by atoms with E-state index in [1.54, 1.807) is 17.1 Å². The number of anilines is 1. The van der Waals surface area contributed by atoms with Crippen molar-refractivity contribution in [3.05, 3.63) is 59.7 Å². The Labute approximate surface area is 174 Å². The molecule has 2 aliphatic carbocycles. The number of hydrogen-bond acceptors (Lipinski definition) is 5. The number of aryl methyl sites for hydroxylation is 1. The van der Waals surface area contributed by atoms with Crippen LogP contribution < -0.4 is 10.2 Å². The van der Waals surface area contributed by atoms with Crippen molar-refractivity contribution in [1.29, 1.82) is 0 Å². The first-order valence-corrected chi connectivity index (χ1v) is 10.6. The van der Waals surface area contributed by atoms with E-state index in [0.717, 1.165) is 24.2 Å². The zero-order valence-electron chi connectivity index (χ0n) is 17.1. The number of rotatable bonds is 5. The summed E-state index contributed by atoms with van der Waals surface area (Å²) < 4.78 is 3.80. The van der Waals surface area contributed by atoms with Crippen LogP contribution in [0.15, 0.2) is 37.1 Å². The highest BCUT2D eigenvalue weighted by molar-refractivity contribution is 5.94. The van der Waals surface area contributed by atoms with Gasteiger partial charge in [0.25, 0.3) is 5.91 Å². The molecule has 2 fully saturated rings. The third kappa shape index (κ3) is 2.98. The van der Waals surface area contributed by atoms with Crippen molar-refractivity contribution in [3.63, 3.8) is 0 Å². The van der Waals surface area contributed by atoms with Crippen LogP contribution in [0.2, 0.25) is 0 Å². The fourth-order valence-electron chi connectivity index (χ4n) is 4.74. The average molecular weight is 403 g/mol. The lowest BCUT2D eigenvalue weighted by atomic mass is 9.96. The lowest BCUT2D eigenvalue weighted by Gasteiger charge is -2.41. The first-order chi connectivity index (χ1) is 14.6. The number of imidazole rings is 1. The summed E-state index contributed by atoms with van der Waals surface area (Å²) in [5.41, 5.74) is 5.52. The van der Waals surface area contributed by atoms with Crippen LogP contribution in [0.1, 0.15) is 52.7 Å². The SMILES string of the molecule is Cn1cnc2c1CC[C@H]2NC(=O)c1cnn(Cc2ccc(N3CC4(CC4)C3)cn2)c1. The predicted octanol–water partition coefficient (Wildman–Crippen LogP) is 2.08. The van der Waals surface area contributed by atoms with E-state index in [9.17, 15) is 4.79 Å². The van der Waals surface area contributed by atoms with Crippen LogP contribution in [0.3, 0.4) is 0 Å². The molecule has 154 valence electrons. The van der Waals surface area contributed by atoms with Crippen LogP contribution in [0.4, 0.5) is 5.69 Å². The van der Waals surface area contributed by atoms with Crippen LogP contribution in [-0.2, 0) is 20.0 Å². The second-order valence-corrected chi connectivity index (χ2v) is 9.04. The maximum absolute atomic E-state index is 12.7. The largest absolute Gasteiger partial charge is 0.369 e. The number of pyridine rings is 1. The van der Waals surface area contributed by atoms with Gasteiger partial charge in [-0.3, -0.25) is 14.5 Å². The lowest BCUT2D eigenvalue weighted by Crippen LogP contribution is -2.48. The molecule has 1 saturated carbocycles. The Morgan fingerprint density at radius 2 is 2.10 bits per heavy atom. The summed E-state index contributed by atoms with van der Waals surface area (Å²) in [5, 5.41) is 7.45. The number of fused-ring (bicyclic) bond motifs is 1. The van der Waals surface area contributed by atoms with Gasteiger partial charge in [0.15, 0.2) is 0 Å². The monoisotopic (exact) mass is 403 g/mol. The van der Waals surface area contributed by atoms with E-state index < -0.39 is 0 Å². The standard InChI is InChI=1S/C22H25N7O/c1-27-14-24-20-18(4-5-19(20)27)26-21(30)15-8-25-29(10-15)11-16-2-3-17(9-23-16)28-12-22(13-28)6-7-22/h2-3,8-10,14,18H,4-7,11-13H2,1H3,(H,26,30)/t18-/m1/s1. The maximum atomic E-state index is 12.7. The molecule has 1 atom stereocenters. The number of carbonyl (C=O) groups excluding carboxylic acids is 1. The Hall–Kier alpha value is -3.16. The summed E-state index contributed by atoms with van der Waals surface area (Å²) in [6, 6.07) is 4.16. The second kappa shape index (κ2) is 6.42. The van der Waals surface area contributed by atoms with Gasteiger partial charge in [0.05, 0.1) is 53.9 Å². The number of carbonyl (C=O) groups is 1. The predicted molar refractivity (Wildman–Crippen MR) is 111 cm³/mol. The first kappa shape index (κ1) is 17.7. The van der Waals surface area contributed by atoms with Gasteiger partial charge in [0.1, 0.15) is 0 Å². The third-order valence-electron chi connectivity index (χ3n) is 6.80. The Morgan fingerprint density at radius 3 is 2.87 bits per heavy atom. The third-order valence-corrected chi connectivity index (χ3v) is 6.80. The molecule has 3 aromatic heterocycles. The molecule has 0 bridgehead atoms. The minimum absolute atomic E-state index is 0.0254. The quantitative estimate of drug-likeness (QED) is 0.705. The molecule has 1 amide bonds. The molecule has 8 nitrogen and oxygen atoms in total. The zero-order chi connectivity index (χ0) is 20.3. The molecular formula is C22H25N7O. The van der Waals surface area contributed by atoms with Gasteiger partial charge in [0.2, 0.25) is 0 Å². The van der Waals surface area contributed by atoms with E-state index in [-0.39, 0.29) is 11.9 Å². The number of nitrogens with zero attached hydrogens (tertiary/aromatic N) is 6. The van der Waals surface area contributed by atoms with Gasteiger partial charge in [-0.05, 0) is 37.8 Å². The topological polar surface area (TPSA) is 80.9 Å². The van der Waals surface area contributed by atoms with E-state index in [1.807, 2.05) is 24.1 Å². The second-order valence-electron chi connectivity index (χ2n) is 9.04. The van der Waals surface area contributed by atoms with Gasteiger partial charge >= 0.3 is 0 Å². The Balaban J connectivity index is 1.08. The van der Waals surface area contributed by atoms with Gasteiger partial charge in [0, 0.05) is 37.4 Å². The molecule has 1 spiro atoms. The Morgan fingerprint density at radius 1 is 1.23 bits per heavy atom. The highest BCUT2D eigenvalue weighted by atomic mass is 16.1. The molecule has 0 aromatic carbocycles. The van der Waals surface area contributed by atoms with Crippen LogP contribution in [-0.4, -0.2) is 43.3 Å². The smallest absolute Gasteiger partial charge is 0.255 e. The molecule has 1 saturated heterocycles. The molecule has 3 aromatic rings. The number of nitrogens with one attached hydrogen (secondary N) is 1. The molecule has 1 aliphatic heterocycles. The summed E-state index contributed by atoms with van der Waals surface area (Å²) in [7, 11) is 1.99. The van der Waals surface area contributed by atoms with Crippen LogP contribution >= 0.6 is 0 Å². The summed E-state index contributed by atoms with van der Waals surface area (Å²) in [4.78, 5) is 24.1. The fraction of sp³-hybridized carbons (Fsp3) is 0.455. The molecule has 4 heterocycles. The molecule has 0 radical (unpaired) electrons. The normalized spacial score (nSPS) is 20.8. The molecular weight excluding hydrogens is 378 g/mol. The van der Waals surface area contributed by atoms with Gasteiger partial charge in [-0.2, -0.15) is 5.10 Å². The number of aromatic nitrogens is 5. The maximum Gasteiger partial charge on any atom is 0.255 e. The van der Waals surface area contributed by atoms with Crippen LogP contribution in [0.5, 0.6) is 0 Å². The van der Waals surface area contributed by atoms with Crippen LogP contribution in [0.25, 0.3) is 0 Å². The van der Waals surface area contributed by atoms with Gasteiger partial charge in [-0.1, -0.05) is 0 Å². The van der Waals surface area contributed by atoms with E-state index in [0.29, 0.717) is 17.5 Å². The summed E-state index contributed by atoms with van der Waals surface area (Å²) >= 11 is 0. The van der Waals surface area contributed by atoms with Gasteiger partial charge in [-0.15, -0.1) is 0 Å². The number of hydrogen-bond donors (Lipinski definition) is 1. The van der Waals surface area contributed by atoms with Gasteiger partial charge in [-0.25, -0.2) is 4.98 Å². The van der Waals surface area contributed by atoms with E-state index in [4.69, 9.17) is 0 Å². The average Bonchev–Trinajstić information content (AvgIpc) is 3.03. The van der Waals surface area contributed by atoms with E-state index in [1.165, 1.54) is 37.3 Å². The van der Waals surface area contributed by atoms with E-state index >= 15 is 0 Å². The highest BCUT2D eigenvalue weighted by Crippen LogP contribution is 2.53. The van der Waals surface area contributed by atoms with Crippen molar-refractivity contribution < 1.29 is 4.79 Å². The fourth-order valence-corrected chi connectivity index (χ4v) is 4.74. The molecule has 0 unspecified atom stereocenters. The van der Waals surface area contributed by atoms with Crippen molar-refractivity contribution in [3.8, 4) is 0 Å². The van der Waals surface area contributed by atoms with Crippen LogP contribution in [0, 0.1) is 5.41 Å². The molecule has 3 aliphatic rings. The Bertz CT molecular complexity index is 1100. The minimum atomic E-state index is -0.111. The highest BCUT2D eigenvalue weighted by Gasteiger charge is 2.52. The van der Waals surface area contributed by atoms with Crippen molar-refractivity contribution in [2.24, 2.45) is 12.5 Å². The summed E-state index contributed by atoms with van der Waals surface area (Å²) in [5.74, 6) is -0.111. The van der Waals surface area contributed by atoms with Crippen molar-refractivity contribution in [2.75, 3.05) is 18.0 Å². The molecule has 6 rings (SSSR count). The molecule has 1 N–H and O–H groups in total. The van der Waals surface area contributed by atoms with Crippen molar-refractivity contribution in [1.82, 2.24) is 29.6 Å². The lowest BCUT2D eigenvalue weighted by molar-refractivity contribution is 0.0936. The summed E-state index contributed by atoms with van der Waals surface area (Å²) in [6.45, 7) is 2.89. The Kier molecular flexibility index (Phi) is 3.78. The number of amides is 1. The van der Waals surface area contributed by atoms with E-state index in [2.05, 4.69) is 37.4 Å².